The van der Waals surface area contributed by atoms with Crippen molar-refractivity contribution < 1.29 is 14.3 Å². The Morgan fingerprint density at radius 3 is 2.74 bits per heavy atom. The highest BCUT2D eigenvalue weighted by atomic mass is 16.5. The summed E-state index contributed by atoms with van der Waals surface area (Å²) in [6, 6.07) is 5.15. The van der Waals surface area contributed by atoms with Crippen molar-refractivity contribution in [2.75, 3.05) is 12.3 Å². The van der Waals surface area contributed by atoms with Crippen LogP contribution >= 0.6 is 0 Å². The van der Waals surface area contributed by atoms with E-state index in [2.05, 4.69) is 19.2 Å². The molecule has 1 aromatic carbocycles. The molecule has 0 radical (unpaired) electrons. The number of nitrogens with two attached hydrogens (primary N) is 1. The fourth-order valence-electron chi connectivity index (χ4n) is 3.02. The molecule has 0 spiro atoms. The standard InChI is InChI=1S/C18H26N2O3/c1-11-5-4-6-16(13(11)3)20-17(21)10-23-18(22)14-8-7-12(2)15(19)9-14/h7-9,11,13,16H,4-6,10,19H2,1-3H3,(H,20,21)/t11-,13-,16+/m1/s1. The van der Waals surface area contributed by atoms with Crippen molar-refractivity contribution in [3.8, 4) is 0 Å². The monoisotopic (exact) mass is 318 g/mol. The SMILES string of the molecule is Cc1ccc(C(=O)OCC(=O)N[C@H]2CCC[C@@H](C)[C@H]2C)cc1N. The third kappa shape index (κ3) is 4.47. The number of nitrogen functional groups attached to an aromatic ring is 1. The highest BCUT2D eigenvalue weighted by Gasteiger charge is 2.28. The van der Waals surface area contributed by atoms with Crippen LogP contribution in [-0.2, 0) is 9.53 Å². The Morgan fingerprint density at radius 2 is 2.04 bits per heavy atom. The summed E-state index contributed by atoms with van der Waals surface area (Å²) >= 11 is 0. The minimum absolute atomic E-state index is 0.167. The highest BCUT2D eigenvalue weighted by Crippen LogP contribution is 2.29. The smallest absolute Gasteiger partial charge is 0.338 e. The van der Waals surface area contributed by atoms with Gasteiger partial charge in [-0.05, 0) is 42.9 Å². The molecule has 1 saturated carbocycles. The van der Waals surface area contributed by atoms with Gasteiger partial charge < -0.3 is 15.8 Å². The third-order valence-corrected chi connectivity index (χ3v) is 4.90. The average molecular weight is 318 g/mol. The van der Waals surface area contributed by atoms with Gasteiger partial charge in [-0.2, -0.15) is 0 Å². The first-order valence-electron chi connectivity index (χ1n) is 8.21. The lowest BCUT2D eigenvalue weighted by Crippen LogP contribution is -2.45. The van der Waals surface area contributed by atoms with Gasteiger partial charge in [-0.3, -0.25) is 4.79 Å². The minimum atomic E-state index is -0.531. The molecule has 5 nitrogen and oxygen atoms in total. The maximum atomic E-state index is 12.0. The van der Waals surface area contributed by atoms with Gasteiger partial charge in [-0.1, -0.05) is 32.8 Å². The summed E-state index contributed by atoms with van der Waals surface area (Å²) in [6.07, 6.45) is 3.32. The molecule has 0 aromatic heterocycles. The molecule has 1 fully saturated rings. The number of rotatable bonds is 4. The maximum absolute atomic E-state index is 12.0. The first-order chi connectivity index (χ1) is 10.9. The summed E-state index contributed by atoms with van der Waals surface area (Å²) in [5, 5.41) is 2.99. The first kappa shape index (κ1) is 17.3. The van der Waals surface area contributed by atoms with Gasteiger partial charge in [0.15, 0.2) is 6.61 Å². The molecule has 23 heavy (non-hydrogen) atoms. The molecular formula is C18H26N2O3. The van der Waals surface area contributed by atoms with E-state index < -0.39 is 5.97 Å². The highest BCUT2D eigenvalue weighted by molar-refractivity contribution is 5.92. The number of nitrogens with one attached hydrogen (secondary N) is 1. The van der Waals surface area contributed by atoms with Gasteiger partial charge in [-0.15, -0.1) is 0 Å². The van der Waals surface area contributed by atoms with Crippen LogP contribution < -0.4 is 11.1 Å². The lowest BCUT2D eigenvalue weighted by Gasteiger charge is -2.34. The number of benzene rings is 1. The summed E-state index contributed by atoms with van der Waals surface area (Å²) in [4.78, 5) is 24.0. The fourth-order valence-corrected chi connectivity index (χ4v) is 3.02. The van der Waals surface area contributed by atoms with Crippen LogP contribution in [0.3, 0.4) is 0 Å². The van der Waals surface area contributed by atoms with E-state index in [4.69, 9.17) is 10.5 Å². The van der Waals surface area contributed by atoms with Gasteiger partial charge in [0.1, 0.15) is 0 Å². The van der Waals surface area contributed by atoms with Crippen LogP contribution in [-0.4, -0.2) is 24.5 Å². The van der Waals surface area contributed by atoms with Gasteiger partial charge >= 0.3 is 5.97 Å². The Balaban J connectivity index is 1.84. The number of aryl methyl sites for hydroxylation is 1. The minimum Gasteiger partial charge on any atom is -0.452 e. The van der Waals surface area contributed by atoms with Crippen molar-refractivity contribution in [1.29, 1.82) is 0 Å². The maximum Gasteiger partial charge on any atom is 0.338 e. The topological polar surface area (TPSA) is 81.4 Å². The van der Waals surface area contributed by atoms with Crippen molar-refractivity contribution in [2.45, 2.75) is 46.1 Å². The predicted molar refractivity (Wildman–Crippen MR) is 90.0 cm³/mol. The lowest BCUT2D eigenvalue weighted by atomic mass is 9.78. The van der Waals surface area contributed by atoms with Crippen LogP contribution in [0.2, 0.25) is 0 Å². The van der Waals surface area contributed by atoms with Gasteiger partial charge in [0.2, 0.25) is 0 Å². The zero-order valence-corrected chi connectivity index (χ0v) is 14.1. The van der Waals surface area contributed by atoms with Crippen molar-refractivity contribution in [2.24, 2.45) is 11.8 Å². The Labute approximate surface area is 137 Å². The molecule has 0 heterocycles. The van der Waals surface area contributed by atoms with Crippen molar-refractivity contribution in [3.63, 3.8) is 0 Å². The molecule has 0 unspecified atom stereocenters. The van der Waals surface area contributed by atoms with E-state index in [-0.39, 0.29) is 18.6 Å². The van der Waals surface area contributed by atoms with Crippen LogP contribution in [0, 0.1) is 18.8 Å². The molecule has 0 saturated heterocycles. The third-order valence-electron chi connectivity index (χ3n) is 4.90. The summed E-state index contributed by atoms with van der Waals surface area (Å²) in [5.41, 5.74) is 7.58. The van der Waals surface area contributed by atoms with Crippen LogP contribution in [0.4, 0.5) is 5.69 Å². The largest absolute Gasteiger partial charge is 0.452 e. The summed E-state index contributed by atoms with van der Waals surface area (Å²) < 4.78 is 5.08. The van der Waals surface area contributed by atoms with E-state index in [9.17, 15) is 9.59 Å². The second kappa shape index (κ2) is 7.49. The number of hydrogen-bond donors (Lipinski definition) is 2. The molecule has 1 aromatic rings. The quantitative estimate of drug-likeness (QED) is 0.660. The molecule has 0 aliphatic heterocycles. The number of carbonyl (C=O) groups is 2. The Morgan fingerprint density at radius 1 is 1.30 bits per heavy atom. The van der Waals surface area contributed by atoms with E-state index >= 15 is 0 Å². The van der Waals surface area contributed by atoms with Gasteiger partial charge in [0, 0.05) is 11.7 Å². The van der Waals surface area contributed by atoms with E-state index in [0.29, 0.717) is 23.1 Å². The normalized spacial score (nSPS) is 24.0. The molecule has 1 aliphatic carbocycles. The summed E-state index contributed by atoms with van der Waals surface area (Å²) in [7, 11) is 0. The number of ether oxygens (including phenoxy) is 1. The van der Waals surface area contributed by atoms with Crippen molar-refractivity contribution >= 4 is 17.6 Å². The summed E-state index contributed by atoms with van der Waals surface area (Å²) in [5.74, 6) is 0.272. The zero-order valence-electron chi connectivity index (χ0n) is 14.1. The van der Waals surface area contributed by atoms with Crippen molar-refractivity contribution in [3.05, 3.63) is 29.3 Å². The number of carbonyl (C=O) groups excluding carboxylic acids is 2. The van der Waals surface area contributed by atoms with Gasteiger partial charge in [0.25, 0.3) is 5.91 Å². The van der Waals surface area contributed by atoms with Gasteiger partial charge in [-0.25, -0.2) is 4.79 Å². The summed E-state index contributed by atoms with van der Waals surface area (Å²) in [6.45, 7) is 5.98. The molecule has 2 rings (SSSR count). The predicted octanol–water partition coefficient (Wildman–Crippen LogP) is 2.67. The molecule has 3 atom stereocenters. The van der Waals surface area contributed by atoms with Crippen LogP contribution in [0.25, 0.3) is 0 Å². The first-order valence-corrected chi connectivity index (χ1v) is 8.21. The number of esters is 1. The number of amides is 1. The van der Waals surface area contributed by atoms with E-state index in [1.54, 1.807) is 18.2 Å². The van der Waals surface area contributed by atoms with Crippen LogP contribution in [0.5, 0.6) is 0 Å². The Bertz CT molecular complexity index is 586. The van der Waals surface area contributed by atoms with Gasteiger partial charge in [0.05, 0.1) is 5.56 Å². The molecule has 1 amide bonds. The molecule has 1 aliphatic rings. The fraction of sp³-hybridized carbons (Fsp3) is 0.556. The molecule has 5 heteroatoms. The van der Waals surface area contributed by atoms with E-state index in [1.807, 2.05) is 6.92 Å². The van der Waals surface area contributed by atoms with Crippen LogP contribution in [0.15, 0.2) is 18.2 Å². The van der Waals surface area contributed by atoms with E-state index in [0.717, 1.165) is 18.4 Å². The second-order valence-corrected chi connectivity index (χ2v) is 6.59. The zero-order chi connectivity index (χ0) is 17.0. The van der Waals surface area contributed by atoms with Crippen LogP contribution in [0.1, 0.15) is 49.0 Å². The number of anilines is 1. The lowest BCUT2D eigenvalue weighted by molar-refractivity contribution is -0.125. The molecule has 0 bridgehead atoms. The average Bonchev–Trinajstić information content (AvgIpc) is 2.52. The van der Waals surface area contributed by atoms with Crippen molar-refractivity contribution in [1.82, 2.24) is 5.32 Å². The van der Waals surface area contributed by atoms with E-state index in [1.165, 1.54) is 6.42 Å². The molecular weight excluding hydrogens is 292 g/mol. The Kier molecular flexibility index (Phi) is 5.64. The number of hydrogen-bond acceptors (Lipinski definition) is 4. The second-order valence-electron chi connectivity index (χ2n) is 6.59. The molecule has 126 valence electrons. The molecule has 3 N–H and O–H groups in total. The Hall–Kier alpha value is -2.04.